The molecule has 0 aliphatic carbocycles. The van der Waals surface area contributed by atoms with Gasteiger partial charge >= 0.3 is 0 Å². The fourth-order valence-electron chi connectivity index (χ4n) is 3.95. The standard InChI is InChI=1S/C25H28FN5O/c1-16(2)22-28-13-17(14-29-22)24(32)30-21-19(18-7-5-6-8-20(18)26)9-11-27-23(21)31-12-10-25(3,4)15-31/h5-9,11,13-14,16H,10,12,15H2,1-4H3,(H,30,32). The van der Waals surface area contributed by atoms with Gasteiger partial charge in [0.1, 0.15) is 11.6 Å². The fraction of sp³-hybridized carbons (Fsp3) is 0.360. The maximum absolute atomic E-state index is 14.7. The number of hydrogen-bond donors (Lipinski definition) is 1. The van der Waals surface area contributed by atoms with Crippen molar-refractivity contribution in [3.63, 3.8) is 0 Å². The number of carbonyl (C=O) groups is 1. The van der Waals surface area contributed by atoms with Gasteiger partial charge in [0.2, 0.25) is 0 Å². The van der Waals surface area contributed by atoms with E-state index in [0.29, 0.717) is 34.0 Å². The number of benzene rings is 1. The number of carbonyl (C=O) groups excluding carboxylic acids is 1. The first-order valence-electron chi connectivity index (χ1n) is 10.9. The summed E-state index contributed by atoms with van der Waals surface area (Å²) in [5.74, 6) is 0.777. The van der Waals surface area contributed by atoms with Crippen LogP contribution >= 0.6 is 0 Å². The van der Waals surface area contributed by atoms with Gasteiger partial charge in [-0.05, 0) is 24.0 Å². The van der Waals surface area contributed by atoms with E-state index in [4.69, 9.17) is 0 Å². The molecule has 0 saturated carbocycles. The van der Waals surface area contributed by atoms with Crippen molar-refractivity contribution >= 4 is 17.4 Å². The van der Waals surface area contributed by atoms with Crippen molar-refractivity contribution in [1.82, 2.24) is 15.0 Å². The Hall–Kier alpha value is -3.35. The van der Waals surface area contributed by atoms with Crippen molar-refractivity contribution in [1.29, 1.82) is 0 Å². The highest BCUT2D eigenvalue weighted by molar-refractivity contribution is 6.08. The van der Waals surface area contributed by atoms with Gasteiger partial charge < -0.3 is 10.2 Å². The van der Waals surface area contributed by atoms with E-state index >= 15 is 0 Å². The van der Waals surface area contributed by atoms with Crippen molar-refractivity contribution < 1.29 is 9.18 Å². The number of anilines is 2. The van der Waals surface area contributed by atoms with Gasteiger partial charge in [-0.25, -0.2) is 19.3 Å². The predicted octanol–water partition coefficient (Wildman–Crippen LogP) is 5.29. The lowest BCUT2D eigenvalue weighted by Gasteiger charge is -2.25. The zero-order chi connectivity index (χ0) is 22.9. The van der Waals surface area contributed by atoms with Gasteiger partial charge in [0.05, 0.1) is 11.3 Å². The summed E-state index contributed by atoms with van der Waals surface area (Å²) in [4.78, 5) is 28.5. The van der Waals surface area contributed by atoms with Crippen LogP contribution in [0.15, 0.2) is 48.9 Å². The molecule has 166 valence electrons. The largest absolute Gasteiger partial charge is 0.354 e. The maximum atomic E-state index is 14.7. The molecule has 1 aliphatic heterocycles. The van der Waals surface area contributed by atoms with Crippen LogP contribution in [0.3, 0.4) is 0 Å². The lowest BCUT2D eigenvalue weighted by Crippen LogP contribution is -2.26. The maximum Gasteiger partial charge on any atom is 0.258 e. The highest BCUT2D eigenvalue weighted by Crippen LogP contribution is 2.40. The Morgan fingerprint density at radius 2 is 1.81 bits per heavy atom. The molecule has 0 radical (unpaired) electrons. The first-order chi connectivity index (χ1) is 15.2. The van der Waals surface area contributed by atoms with Crippen molar-refractivity contribution in [2.45, 2.75) is 40.0 Å². The fourth-order valence-corrected chi connectivity index (χ4v) is 3.95. The van der Waals surface area contributed by atoms with Gasteiger partial charge in [-0.15, -0.1) is 0 Å². The molecular formula is C25H28FN5O. The molecule has 6 nitrogen and oxygen atoms in total. The molecular weight excluding hydrogens is 405 g/mol. The molecule has 1 saturated heterocycles. The Balaban J connectivity index is 1.76. The van der Waals surface area contributed by atoms with Crippen LogP contribution in [0, 0.1) is 11.2 Å². The van der Waals surface area contributed by atoms with Crippen LogP contribution < -0.4 is 10.2 Å². The van der Waals surface area contributed by atoms with Gasteiger partial charge in [0.25, 0.3) is 5.91 Å². The average molecular weight is 434 g/mol. The van der Waals surface area contributed by atoms with E-state index in [-0.39, 0.29) is 23.1 Å². The summed E-state index contributed by atoms with van der Waals surface area (Å²) < 4.78 is 14.7. The molecule has 3 heterocycles. The normalized spacial score (nSPS) is 15.2. The van der Waals surface area contributed by atoms with E-state index < -0.39 is 0 Å². The van der Waals surface area contributed by atoms with Gasteiger partial charge in [0.15, 0.2) is 5.82 Å². The van der Waals surface area contributed by atoms with Gasteiger partial charge in [-0.2, -0.15) is 0 Å². The van der Waals surface area contributed by atoms with Crippen molar-refractivity contribution in [2.75, 3.05) is 23.3 Å². The molecule has 4 rings (SSSR count). The molecule has 1 N–H and O–H groups in total. The van der Waals surface area contributed by atoms with Crippen LogP contribution in [-0.4, -0.2) is 33.9 Å². The second-order valence-corrected chi connectivity index (χ2v) is 9.31. The lowest BCUT2D eigenvalue weighted by atomic mass is 9.93. The zero-order valence-electron chi connectivity index (χ0n) is 18.9. The molecule has 0 unspecified atom stereocenters. The van der Waals surface area contributed by atoms with Crippen molar-refractivity contribution in [3.05, 3.63) is 66.1 Å². The topological polar surface area (TPSA) is 71.0 Å². The Bertz CT molecular complexity index is 1130. The minimum absolute atomic E-state index is 0.136. The Morgan fingerprint density at radius 1 is 1.09 bits per heavy atom. The van der Waals surface area contributed by atoms with E-state index in [0.717, 1.165) is 19.5 Å². The number of amides is 1. The average Bonchev–Trinajstić information content (AvgIpc) is 3.14. The number of hydrogen-bond acceptors (Lipinski definition) is 5. The van der Waals surface area contributed by atoms with Crippen LogP contribution in [0.2, 0.25) is 0 Å². The first-order valence-corrected chi connectivity index (χ1v) is 10.9. The minimum Gasteiger partial charge on any atom is -0.354 e. The molecule has 1 aliphatic rings. The molecule has 32 heavy (non-hydrogen) atoms. The van der Waals surface area contributed by atoms with Crippen molar-refractivity contribution in [2.24, 2.45) is 5.41 Å². The molecule has 3 aromatic rings. The monoisotopic (exact) mass is 433 g/mol. The Kier molecular flexibility index (Phi) is 5.91. The molecule has 0 bridgehead atoms. The highest BCUT2D eigenvalue weighted by Gasteiger charge is 2.32. The summed E-state index contributed by atoms with van der Waals surface area (Å²) in [6, 6.07) is 8.28. The summed E-state index contributed by atoms with van der Waals surface area (Å²) in [6.07, 6.45) is 5.72. The lowest BCUT2D eigenvalue weighted by molar-refractivity contribution is 0.102. The molecule has 0 atom stereocenters. The molecule has 2 aromatic heterocycles. The third kappa shape index (κ3) is 4.47. The summed E-state index contributed by atoms with van der Waals surface area (Å²) >= 11 is 0. The van der Waals surface area contributed by atoms with E-state index in [9.17, 15) is 9.18 Å². The second kappa shape index (κ2) is 8.65. The van der Waals surface area contributed by atoms with Gasteiger partial charge in [0, 0.05) is 48.7 Å². The number of pyridine rings is 1. The molecule has 1 aromatic carbocycles. The predicted molar refractivity (Wildman–Crippen MR) is 124 cm³/mol. The zero-order valence-corrected chi connectivity index (χ0v) is 18.9. The van der Waals surface area contributed by atoms with Crippen molar-refractivity contribution in [3.8, 4) is 11.1 Å². The minimum atomic E-state index is -0.356. The van der Waals surface area contributed by atoms with Crippen LogP contribution in [0.4, 0.5) is 15.9 Å². The van der Waals surface area contributed by atoms with Crippen LogP contribution in [0.25, 0.3) is 11.1 Å². The number of rotatable bonds is 5. The third-order valence-electron chi connectivity index (χ3n) is 5.76. The van der Waals surface area contributed by atoms with Gasteiger partial charge in [-0.1, -0.05) is 45.9 Å². The van der Waals surface area contributed by atoms with Crippen LogP contribution in [0.1, 0.15) is 56.2 Å². The van der Waals surface area contributed by atoms with E-state index in [1.165, 1.54) is 18.5 Å². The van der Waals surface area contributed by atoms with Crippen LogP contribution in [0.5, 0.6) is 0 Å². The van der Waals surface area contributed by atoms with Gasteiger partial charge in [-0.3, -0.25) is 4.79 Å². The van der Waals surface area contributed by atoms with Crippen LogP contribution in [-0.2, 0) is 0 Å². The Labute approximate surface area is 187 Å². The summed E-state index contributed by atoms with van der Waals surface area (Å²) in [6.45, 7) is 10.0. The molecule has 1 amide bonds. The SMILES string of the molecule is CC(C)c1ncc(C(=O)Nc2c(-c3ccccc3F)ccnc2N2CCC(C)(C)C2)cn1. The second-order valence-electron chi connectivity index (χ2n) is 9.31. The Morgan fingerprint density at radius 3 is 2.44 bits per heavy atom. The quantitative estimate of drug-likeness (QED) is 0.592. The number of halogens is 1. The number of nitrogens with zero attached hydrogens (tertiary/aromatic N) is 4. The van der Waals surface area contributed by atoms with E-state index in [1.807, 2.05) is 13.8 Å². The molecule has 7 heteroatoms. The van der Waals surface area contributed by atoms with E-state index in [1.54, 1.807) is 30.5 Å². The summed E-state index contributed by atoms with van der Waals surface area (Å²) in [5, 5.41) is 2.98. The highest BCUT2D eigenvalue weighted by atomic mass is 19.1. The van der Waals surface area contributed by atoms with E-state index in [2.05, 4.69) is 39.0 Å². The smallest absolute Gasteiger partial charge is 0.258 e. The third-order valence-corrected chi connectivity index (χ3v) is 5.76. The summed E-state index contributed by atoms with van der Waals surface area (Å²) in [7, 11) is 0. The number of nitrogens with one attached hydrogen (secondary N) is 1. The number of aromatic nitrogens is 3. The molecule has 0 spiro atoms. The summed E-state index contributed by atoms with van der Waals surface area (Å²) in [5.41, 5.74) is 1.97. The molecule has 1 fully saturated rings. The first kappa shape index (κ1) is 21.9.